The molecule has 6 nitrogen and oxygen atoms in total. The average Bonchev–Trinajstić information content (AvgIpc) is 2.88. The second kappa shape index (κ2) is 9.59. The first kappa shape index (κ1) is 24.3. The van der Waals surface area contributed by atoms with E-state index in [2.05, 4.69) is 33.4 Å². The molecule has 3 aromatic rings. The Morgan fingerprint density at radius 3 is 2.81 bits per heavy atom. The Labute approximate surface area is 209 Å². The van der Waals surface area contributed by atoms with E-state index in [0.29, 0.717) is 18.9 Å². The maximum absolute atomic E-state index is 13.7. The highest BCUT2D eigenvalue weighted by Gasteiger charge is 2.35. The molecule has 188 valence electrons. The molecular weight excluding hydrogens is 464 g/mol. The summed E-state index contributed by atoms with van der Waals surface area (Å²) in [6.45, 7) is 4.99. The van der Waals surface area contributed by atoms with E-state index in [-0.39, 0.29) is 17.7 Å². The maximum Gasteiger partial charge on any atom is 0.286 e. The molecular formula is C28H29F2N3O3. The molecule has 1 fully saturated rings. The van der Waals surface area contributed by atoms with Crippen LogP contribution in [0.15, 0.2) is 54.7 Å². The number of hydrogen-bond acceptors (Lipinski definition) is 5. The second-order valence-corrected chi connectivity index (χ2v) is 9.46. The number of carbonyl (C=O) groups excluding carboxylic acids is 1. The minimum Gasteiger partial charge on any atom is -0.377 e. The van der Waals surface area contributed by atoms with E-state index >= 15 is 0 Å². The number of rotatable bonds is 5. The number of ether oxygens (including phenoxy) is 2. The van der Waals surface area contributed by atoms with E-state index in [4.69, 9.17) is 9.47 Å². The van der Waals surface area contributed by atoms with Crippen LogP contribution in [-0.4, -0.2) is 43.8 Å². The molecule has 2 aliphatic heterocycles. The molecule has 2 aromatic carbocycles. The van der Waals surface area contributed by atoms with Gasteiger partial charge in [-0.15, -0.1) is 0 Å². The number of benzene rings is 2. The topological polar surface area (TPSA) is 63.7 Å². The van der Waals surface area contributed by atoms with Crippen molar-refractivity contribution in [2.45, 2.75) is 38.3 Å². The Hall–Kier alpha value is -3.36. The largest absolute Gasteiger partial charge is 0.377 e. The van der Waals surface area contributed by atoms with Crippen molar-refractivity contribution in [2.75, 3.05) is 37.1 Å². The van der Waals surface area contributed by atoms with Crippen molar-refractivity contribution in [3.05, 3.63) is 77.1 Å². The lowest BCUT2D eigenvalue weighted by Gasteiger charge is -2.44. The number of aromatic nitrogens is 1. The number of aryl methyl sites for hydroxylation is 1. The average molecular weight is 494 g/mol. The summed E-state index contributed by atoms with van der Waals surface area (Å²) < 4.78 is 38.8. The van der Waals surface area contributed by atoms with E-state index in [1.807, 2.05) is 25.1 Å². The predicted octanol–water partition coefficient (Wildman–Crippen LogP) is 5.72. The van der Waals surface area contributed by atoms with Gasteiger partial charge in [-0.05, 0) is 53.9 Å². The highest BCUT2D eigenvalue weighted by Crippen LogP contribution is 2.42. The van der Waals surface area contributed by atoms with Crippen LogP contribution in [0.1, 0.15) is 46.6 Å². The number of methoxy groups -OCH3 is 1. The minimum absolute atomic E-state index is 0.0180. The Balaban J connectivity index is 1.45. The number of amides is 1. The number of nitrogens with zero attached hydrogens (tertiary/aromatic N) is 2. The number of carbonyl (C=O) groups is 1. The molecule has 1 saturated heterocycles. The zero-order chi connectivity index (χ0) is 25.4. The highest BCUT2D eigenvalue weighted by atomic mass is 19.3. The standard InChI is InChI=1S/C28H29F2N3O3/c1-17-4-6-20(32-27(34)19-8-9-31-26(13-19)28(2,29)30)14-23(17)18-5-7-22-24(12-18)33-10-11-36-16-21(33)15-25(22)35-3/h4-9,12-14,21,25H,10-11,15-16H2,1-3H3,(H,32,34). The number of hydrogen-bond donors (Lipinski definition) is 1. The summed E-state index contributed by atoms with van der Waals surface area (Å²) in [5.41, 5.74) is 5.66. The molecule has 0 radical (unpaired) electrons. The van der Waals surface area contributed by atoms with E-state index in [9.17, 15) is 13.6 Å². The number of nitrogens with one attached hydrogen (secondary N) is 1. The summed E-state index contributed by atoms with van der Waals surface area (Å²) >= 11 is 0. The summed E-state index contributed by atoms with van der Waals surface area (Å²) in [5, 5.41) is 2.84. The summed E-state index contributed by atoms with van der Waals surface area (Å²) in [6.07, 6.45) is 2.13. The van der Waals surface area contributed by atoms with Gasteiger partial charge in [0.15, 0.2) is 0 Å². The number of morpholine rings is 1. The third kappa shape index (κ3) is 4.70. The van der Waals surface area contributed by atoms with Gasteiger partial charge < -0.3 is 19.7 Å². The van der Waals surface area contributed by atoms with Crippen LogP contribution in [0.3, 0.4) is 0 Å². The lowest BCUT2D eigenvalue weighted by Crippen LogP contribution is -2.49. The van der Waals surface area contributed by atoms with Gasteiger partial charge in [-0.25, -0.2) is 0 Å². The van der Waals surface area contributed by atoms with Crippen molar-refractivity contribution < 1.29 is 23.0 Å². The normalized spacial score (nSPS) is 19.4. The van der Waals surface area contributed by atoms with E-state index in [1.165, 1.54) is 17.8 Å². The van der Waals surface area contributed by atoms with E-state index < -0.39 is 17.5 Å². The Morgan fingerprint density at radius 1 is 1.19 bits per heavy atom. The first-order valence-electron chi connectivity index (χ1n) is 12.0. The van der Waals surface area contributed by atoms with Crippen LogP contribution < -0.4 is 10.2 Å². The molecule has 1 N–H and O–H groups in total. The van der Waals surface area contributed by atoms with Crippen molar-refractivity contribution >= 4 is 17.3 Å². The number of pyridine rings is 1. The van der Waals surface area contributed by atoms with Gasteiger partial charge >= 0.3 is 0 Å². The molecule has 0 bridgehead atoms. The van der Waals surface area contributed by atoms with Gasteiger partial charge in [-0.2, -0.15) is 8.78 Å². The lowest BCUT2D eigenvalue weighted by molar-refractivity contribution is 0.0127. The van der Waals surface area contributed by atoms with E-state index in [1.54, 1.807) is 7.11 Å². The van der Waals surface area contributed by atoms with Crippen molar-refractivity contribution in [1.82, 2.24) is 4.98 Å². The fourth-order valence-corrected chi connectivity index (χ4v) is 5.02. The third-order valence-electron chi connectivity index (χ3n) is 6.96. The van der Waals surface area contributed by atoms with Crippen LogP contribution in [0.5, 0.6) is 0 Å². The smallest absolute Gasteiger partial charge is 0.286 e. The number of alkyl halides is 2. The molecule has 0 aliphatic carbocycles. The third-order valence-corrected chi connectivity index (χ3v) is 6.96. The van der Waals surface area contributed by atoms with Crippen molar-refractivity contribution in [3.63, 3.8) is 0 Å². The molecule has 2 atom stereocenters. The molecule has 0 spiro atoms. The Morgan fingerprint density at radius 2 is 2.03 bits per heavy atom. The van der Waals surface area contributed by atoms with Crippen LogP contribution in [0.2, 0.25) is 0 Å². The zero-order valence-corrected chi connectivity index (χ0v) is 20.6. The van der Waals surface area contributed by atoms with Gasteiger partial charge in [0, 0.05) is 55.7 Å². The predicted molar refractivity (Wildman–Crippen MR) is 135 cm³/mol. The highest BCUT2D eigenvalue weighted by molar-refractivity contribution is 6.04. The molecule has 1 amide bonds. The fourth-order valence-electron chi connectivity index (χ4n) is 5.02. The minimum atomic E-state index is -3.12. The van der Waals surface area contributed by atoms with Gasteiger partial charge in [0.05, 0.1) is 25.4 Å². The quantitative estimate of drug-likeness (QED) is 0.493. The first-order chi connectivity index (χ1) is 17.2. The lowest BCUT2D eigenvalue weighted by atomic mass is 9.89. The summed E-state index contributed by atoms with van der Waals surface area (Å²) in [7, 11) is 1.74. The monoisotopic (exact) mass is 493 g/mol. The van der Waals surface area contributed by atoms with Crippen molar-refractivity contribution in [3.8, 4) is 11.1 Å². The molecule has 2 unspecified atom stereocenters. The SMILES string of the molecule is COC1CC2COCCN2c2cc(-c3cc(NC(=O)c4ccnc(C(C)(F)F)c4)ccc3C)ccc21. The number of anilines is 2. The molecule has 5 rings (SSSR count). The molecule has 2 aliphatic rings. The van der Waals surface area contributed by atoms with Gasteiger partial charge in [-0.3, -0.25) is 9.78 Å². The van der Waals surface area contributed by atoms with Gasteiger partial charge in [0.2, 0.25) is 0 Å². The fraction of sp³-hybridized carbons (Fsp3) is 0.357. The molecule has 3 heterocycles. The van der Waals surface area contributed by atoms with Crippen LogP contribution in [0, 0.1) is 6.92 Å². The molecule has 0 saturated carbocycles. The summed E-state index contributed by atoms with van der Waals surface area (Å²) in [6, 6.07) is 14.9. The zero-order valence-electron chi connectivity index (χ0n) is 20.6. The Bertz CT molecular complexity index is 1290. The van der Waals surface area contributed by atoms with Gasteiger partial charge in [0.25, 0.3) is 11.8 Å². The molecule has 36 heavy (non-hydrogen) atoms. The Kier molecular flexibility index (Phi) is 6.49. The molecule has 8 heteroatoms. The van der Waals surface area contributed by atoms with Crippen molar-refractivity contribution in [1.29, 1.82) is 0 Å². The number of fused-ring (bicyclic) bond motifs is 3. The van der Waals surface area contributed by atoms with Crippen LogP contribution in [0.25, 0.3) is 11.1 Å². The van der Waals surface area contributed by atoms with Gasteiger partial charge in [-0.1, -0.05) is 18.2 Å². The van der Waals surface area contributed by atoms with Gasteiger partial charge in [0.1, 0.15) is 5.69 Å². The maximum atomic E-state index is 13.7. The summed E-state index contributed by atoms with van der Waals surface area (Å²) in [4.78, 5) is 18.9. The molecule has 1 aromatic heterocycles. The van der Waals surface area contributed by atoms with Crippen molar-refractivity contribution in [2.24, 2.45) is 0 Å². The van der Waals surface area contributed by atoms with Crippen LogP contribution >= 0.6 is 0 Å². The van der Waals surface area contributed by atoms with Crippen LogP contribution in [-0.2, 0) is 15.4 Å². The summed E-state index contributed by atoms with van der Waals surface area (Å²) in [5.74, 6) is -3.59. The number of halogens is 2. The first-order valence-corrected chi connectivity index (χ1v) is 12.0. The van der Waals surface area contributed by atoms with E-state index in [0.717, 1.165) is 48.3 Å². The van der Waals surface area contributed by atoms with Crippen LogP contribution in [0.4, 0.5) is 20.2 Å². The second-order valence-electron chi connectivity index (χ2n) is 9.46.